The molecule has 0 atom stereocenters. The zero-order valence-corrected chi connectivity index (χ0v) is 15.0. The van der Waals surface area contributed by atoms with E-state index in [9.17, 15) is 0 Å². The summed E-state index contributed by atoms with van der Waals surface area (Å²) in [6, 6.07) is 8.07. The number of nitrogen functional groups attached to an aromatic ring is 1. The van der Waals surface area contributed by atoms with Gasteiger partial charge in [0.05, 0.1) is 0 Å². The fraction of sp³-hybridized carbons (Fsp3) is 0.389. The Morgan fingerprint density at radius 1 is 1.08 bits per heavy atom. The van der Waals surface area contributed by atoms with E-state index in [1.165, 1.54) is 0 Å². The summed E-state index contributed by atoms with van der Waals surface area (Å²) in [6.07, 6.45) is 2.06. The zero-order chi connectivity index (χ0) is 17.8. The molecule has 3 aromatic rings. The van der Waals surface area contributed by atoms with Gasteiger partial charge in [0.15, 0.2) is 17.0 Å². The van der Waals surface area contributed by atoms with E-state index >= 15 is 0 Å². The number of hydrogen-bond acceptors (Lipinski definition) is 6. The Hall–Kier alpha value is -2.83. The number of benzene rings is 1. The molecule has 2 heterocycles. The summed E-state index contributed by atoms with van der Waals surface area (Å²) in [5.74, 6) is 1.68. The summed E-state index contributed by atoms with van der Waals surface area (Å²) in [5.41, 5.74) is 9.46. The van der Waals surface area contributed by atoms with Crippen LogP contribution in [0.25, 0.3) is 11.2 Å². The first-order valence-electron chi connectivity index (χ1n) is 8.73. The van der Waals surface area contributed by atoms with Gasteiger partial charge in [-0.15, -0.1) is 0 Å². The Morgan fingerprint density at radius 2 is 1.80 bits per heavy atom. The molecule has 0 amide bonds. The van der Waals surface area contributed by atoms with Gasteiger partial charge in [0.1, 0.15) is 0 Å². The van der Waals surface area contributed by atoms with Gasteiger partial charge < -0.3 is 20.9 Å². The van der Waals surface area contributed by atoms with Gasteiger partial charge in [0.2, 0.25) is 11.9 Å². The fourth-order valence-electron chi connectivity index (χ4n) is 2.89. The highest BCUT2D eigenvalue weighted by atomic mass is 15.2. The predicted octanol–water partition coefficient (Wildman–Crippen LogP) is 3.61. The van der Waals surface area contributed by atoms with Gasteiger partial charge in [0.25, 0.3) is 0 Å². The maximum atomic E-state index is 5.92. The minimum absolute atomic E-state index is 0.255. The van der Waals surface area contributed by atoms with E-state index in [-0.39, 0.29) is 5.95 Å². The number of rotatable bonds is 7. The second-order valence-corrected chi connectivity index (χ2v) is 6.12. The normalized spacial score (nSPS) is 11.0. The summed E-state index contributed by atoms with van der Waals surface area (Å²) >= 11 is 0. The van der Waals surface area contributed by atoms with Gasteiger partial charge in [-0.1, -0.05) is 32.0 Å². The lowest BCUT2D eigenvalue weighted by Gasteiger charge is -2.22. The van der Waals surface area contributed by atoms with Gasteiger partial charge >= 0.3 is 0 Å². The molecule has 0 unspecified atom stereocenters. The predicted molar refractivity (Wildman–Crippen MR) is 103 cm³/mol. The number of hydrogen-bond donors (Lipinski definition) is 3. The quantitative estimate of drug-likeness (QED) is 0.608. The molecule has 2 aromatic heterocycles. The molecule has 132 valence electrons. The van der Waals surface area contributed by atoms with Crippen molar-refractivity contribution in [3.05, 3.63) is 29.8 Å². The molecule has 0 saturated heterocycles. The minimum atomic E-state index is 0.255. The van der Waals surface area contributed by atoms with Crippen molar-refractivity contribution in [1.82, 2.24) is 19.9 Å². The van der Waals surface area contributed by atoms with Crippen molar-refractivity contribution in [2.45, 2.75) is 33.6 Å². The lowest BCUT2D eigenvalue weighted by atomic mass is 10.2. The Kier molecular flexibility index (Phi) is 5.02. The van der Waals surface area contributed by atoms with Crippen LogP contribution in [0.4, 0.5) is 23.4 Å². The van der Waals surface area contributed by atoms with Crippen molar-refractivity contribution in [1.29, 1.82) is 0 Å². The average molecular weight is 339 g/mol. The first-order valence-corrected chi connectivity index (χ1v) is 8.73. The number of fused-ring (bicyclic) bond motifs is 1. The number of nitrogens with two attached hydrogens (primary N) is 1. The number of aromatic amines is 1. The topological polar surface area (TPSA) is 95.8 Å². The molecule has 4 N–H and O–H groups in total. The van der Waals surface area contributed by atoms with Crippen molar-refractivity contribution in [3.8, 4) is 0 Å². The van der Waals surface area contributed by atoms with Crippen molar-refractivity contribution in [2.75, 3.05) is 29.0 Å². The van der Waals surface area contributed by atoms with Crippen LogP contribution < -0.4 is 16.0 Å². The van der Waals surface area contributed by atoms with E-state index in [1.807, 2.05) is 18.2 Å². The number of anilines is 4. The third-order valence-corrected chi connectivity index (χ3v) is 4.03. The molecular weight excluding hydrogens is 314 g/mol. The first-order chi connectivity index (χ1) is 12.1. The first kappa shape index (κ1) is 17.0. The number of imidazole rings is 1. The molecule has 0 aliphatic carbocycles. The number of aryl methyl sites for hydroxylation is 1. The molecule has 0 aliphatic rings. The smallest absolute Gasteiger partial charge is 0.224 e. The molecule has 3 rings (SSSR count). The molecule has 1 aromatic carbocycles. The lowest BCUT2D eigenvalue weighted by molar-refractivity contribution is 0.736. The second kappa shape index (κ2) is 7.38. The van der Waals surface area contributed by atoms with Crippen LogP contribution in [-0.2, 0) is 0 Å². The molecular formula is C18H25N7. The summed E-state index contributed by atoms with van der Waals surface area (Å²) in [6.45, 7) is 8.18. The molecule has 0 radical (unpaired) electrons. The molecule has 0 fully saturated rings. The van der Waals surface area contributed by atoms with E-state index < -0.39 is 0 Å². The zero-order valence-electron chi connectivity index (χ0n) is 15.0. The third kappa shape index (κ3) is 3.65. The molecule has 7 nitrogen and oxygen atoms in total. The van der Waals surface area contributed by atoms with Crippen LogP contribution in [-0.4, -0.2) is 33.0 Å². The maximum Gasteiger partial charge on any atom is 0.224 e. The minimum Gasteiger partial charge on any atom is -0.368 e. The average Bonchev–Trinajstić information content (AvgIpc) is 2.98. The van der Waals surface area contributed by atoms with Gasteiger partial charge in [-0.3, -0.25) is 0 Å². The fourth-order valence-corrected chi connectivity index (χ4v) is 2.89. The van der Waals surface area contributed by atoms with Crippen LogP contribution in [0.1, 0.15) is 32.3 Å². The summed E-state index contributed by atoms with van der Waals surface area (Å²) in [4.78, 5) is 18.9. The van der Waals surface area contributed by atoms with Gasteiger partial charge in [-0.2, -0.15) is 9.97 Å². The summed E-state index contributed by atoms with van der Waals surface area (Å²) < 4.78 is 0. The van der Waals surface area contributed by atoms with Gasteiger partial charge in [-0.25, -0.2) is 4.98 Å². The molecule has 25 heavy (non-hydrogen) atoms. The Morgan fingerprint density at radius 3 is 2.48 bits per heavy atom. The largest absolute Gasteiger partial charge is 0.368 e. The standard InChI is InChI=1S/C18H25N7/c1-4-10-25(11-5-2)16-14-15(22-17(19)24-16)23-18(21-14)20-13-9-7-6-8-12(13)3/h6-9H,4-5,10-11H2,1-3H3,(H4,19,20,21,22,23,24). The molecule has 7 heteroatoms. The van der Waals surface area contributed by atoms with Crippen molar-refractivity contribution in [3.63, 3.8) is 0 Å². The van der Waals surface area contributed by atoms with Crippen LogP contribution in [0.15, 0.2) is 24.3 Å². The Bertz CT molecular complexity index is 850. The molecule has 0 bridgehead atoms. The summed E-state index contributed by atoms with van der Waals surface area (Å²) in [5, 5.41) is 3.32. The highest BCUT2D eigenvalue weighted by Crippen LogP contribution is 2.26. The van der Waals surface area contributed by atoms with E-state index in [1.54, 1.807) is 0 Å². The highest BCUT2D eigenvalue weighted by molar-refractivity contribution is 5.86. The second-order valence-electron chi connectivity index (χ2n) is 6.12. The van der Waals surface area contributed by atoms with Gasteiger partial charge in [-0.05, 0) is 31.4 Å². The monoisotopic (exact) mass is 339 g/mol. The maximum absolute atomic E-state index is 5.92. The number of nitrogens with one attached hydrogen (secondary N) is 2. The number of nitrogens with zero attached hydrogens (tertiary/aromatic N) is 4. The van der Waals surface area contributed by atoms with Crippen molar-refractivity contribution < 1.29 is 0 Å². The van der Waals surface area contributed by atoms with E-state index in [0.717, 1.165) is 48.5 Å². The number of aromatic nitrogens is 4. The SMILES string of the molecule is CCCN(CCC)c1nc(N)nc2[nH]c(Nc3ccccc3C)nc12. The lowest BCUT2D eigenvalue weighted by Crippen LogP contribution is -2.26. The van der Waals surface area contributed by atoms with Crippen molar-refractivity contribution >= 4 is 34.6 Å². The highest BCUT2D eigenvalue weighted by Gasteiger charge is 2.17. The van der Waals surface area contributed by atoms with E-state index in [2.05, 4.69) is 57.0 Å². The summed E-state index contributed by atoms with van der Waals surface area (Å²) in [7, 11) is 0. The van der Waals surface area contributed by atoms with Crippen molar-refractivity contribution in [2.24, 2.45) is 0 Å². The number of H-pyrrole nitrogens is 1. The molecule has 0 saturated carbocycles. The molecule has 0 spiro atoms. The third-order valence-electron chi connectivity index (χ3n) is 4.03. The van der Waals surface area contributed by atoms with E-state index in [0.29, 0.717) is 11.6 Å². The number of para-hydroxylation sites is 1. The molecule has 0 aliphatic heterocycles. The Balaban J connectivity index is 2.01. The van der Waals surface area contributed by atoms with E-state index in [4.69, 9.17) is 5.73 Å². The van der Waals surface area contributed by atoms with Crippen LogP contribution in [0.2, 0.25) is 0 Å². The van der Waals surface area contributed by atoms with Crippen LogP contribution >= 0.6 is 0 Å². The van der Waals surface area contributed by atoms with Gasteiger partial charge in [0, 0.05) is 18.8 Å². The van der Waals surface area contributed by atoms with Crippen LogP contribution in [0.5, 0.6) is 0 Å². The van der Waals surface area contributed by atoms with Crippen LogP contribution in [0.3, 0.4) is 0 Å². The van der Waals surface area contributed by atoms with Crippen LogP contribution in [0, 0.1) is 6.92 Å². The Labute approximate surface area is 147 Å².